The second-order valence-electron chi connectivity index (χ2n) is 5.98. The van der Waals surface area contributed by atoms with Gasteiger partial charge in [-0.1, -0.05) is 27.7 Å². The molecule has 0 N–H and O–H groups in total. The summed E-state index contributed by atoms with van der Waals surface area (Å²) in [5, 5.41) is 0. The number of likely N-dealkylation sites (tertiary alicyclic amines) is 1. The van der Waals surface area contributed by atoms with Crippen LogP contribution in [-0.2, 0) is 11.8 Å². The number of carbonyl (C=O) groups excluding carboxylic acids is 1. The van der Waals surface area contributed by atoms with E-state index in [1.165, 1.54) is 5.56 Å². The van der Waals surface area contributed by atoms with E-state index in [0.29, 0.717) is 5.69 Å². The van der Waals surface area contributed by atoms with Crippen molar-refractivity contribution < 1.29 is 4.79 Å². The zero-order valence-corrected chi connectivity index (χ0v) is 11.8. The summed E-state index contributed by atoms with van der Waals surface area (Å²) in [5.41, 5.74) is 2.86. The lowest BCUT2D eigenvalue weighted by molar-refractivity contribution is 0.0645. The first kappa shape index (κ1) is 13.1. The maximum atomic E-state index is 12.2. The number of hydrogen-bond acceptors (Lipinski definition) is 2. The first-order valence-corrected chi connectivity index (χ1v) is 6.72. The molecule has 3 heteroatoms. The molecule has 0 bridgehead atoms. The van der Waals surface area contributed by atoms with Crippen molar-refractivity contribution in [2.24, 2.45) is 0 Å². The van der Waals surface area contributed by atoms with Gasteiger partial charge in [0.25, 0.3) is 5.91 Å². The van der Waals surface area contributed by atoms with Gasteiger partial charge in [0.1, 0.15) is 5.69 Å². The molecule has 2 rings (SSSR count). The molecule has 0 unspecified atom stereocenters. The van der Waals surface area contributed by atoms with Crippen molar-refractivity contribution >= 4 is 5.91 Å². The van der Waals surface area contributed by atoms with Crippen LogP contribution in [0.4, 0.5) is 0 Å². The molecule has 0 saturated carbocycles. The lowest BCUT2D eigenvalue weighted by atomic mass is 9.86. The molecule has 0 aromatic carbocycles. The van der Waals surface area contributed by atoms with Gasteiger partial charge in [-0.15, -0.1) is 0 Å². The Labute approximate surface area is 109 Å². The Hall–Kier alpha value is -1.38. The smallest absolute Gasteiger partial charge is 0.272 e. The van der Waals surface area contributed by atoms with E-state index in [4.69, 9.17) is 0 Å². The summed E-state index contributed by atoms with van der Waals surface area (Å²) in [5.74, 6) is 0.0852. The number of rotatable bonds is 2. The fraction of sp³-hybridized carbons (Fsp3) is 0.600. The Morgan fingerprint density at radius 3 is 2.44 bits per heavy atom. The van der Waals surface area contributed by atoms with Gasteiger partial charge >= 0.3 is 0 Å². The lowest BCUT2D eigenvalue weighted by Crippen LogP contribution is -2.42. The van der Waals surface area contributed by atoms with Crippen LogP contribution in [0.25, 0.3) is 0 Å². The molecule has 3 nitrogen and oxygen atoms in total. The summed E-state index contributed by atoms with van der Waals surface area (Å²) < 4.78 is 0. The maximum absolute atomic E-state index is 12.2. The summed E-state index contributed by atoms with van der Waals surface area (Å²) in [6.45, 7) is 10.3. The van der Waals surface area contributed by atoms with E-state index in [-0.39, 0.29) is 11.3 Å². The number of aryl methyl sites for hydroxylation is 1. The fourth-order valence-corrected chi connectivity index (χ4v) is 1.99. The molecule has 1 saturated heterocycles. The molecule has 18 heavy (non-hydrogen) atoms. The van der Waals surface area contributed by atoms with Crippen LogP contribution in [0.3, 0.4) is 0 Å². The molecule has 0 spiro atoms. The molecule has 1 aliphatic rings. The van der Waals surface area contributed by atoms with Crippen molar-refractivity contribution in [1.29, 1.82) is 0 Å². The summed E-state index contributed by atoms with van der Waals surface area (Å²) in [4.78, 5) is 18.6. The fourth-order valence-electron chi connectivity index (χ4n) is 1.99. The van der Waals surface area contributed by atoms with Crippen LogP contribution in [0.5, 0.6) is 0 Å². The first-order valence-electron chi connectivity index (χ1n) is 6.72. The van der Waals surface area contributed by atoms with Gasteiger partial charge in [-0.3, -0.25) is 4.79 Å². The normalized spacial score (nSPS) is 15.4. The zero-order valence-electron chi connectivity index (χ0n) is 11.8. The van der Waals surface area contributed by atoms with E-state index in [9.17, 15) is 4.79 Å². The predicted molar refractivity (Wildman–Crippen MR) is 72.8 cm³/mol. The van der Waals surface area contributed by atoms with Gasteiger partial charge in [0.15, 0.2) is 0 Å². The van der Waals surface area contributed by atoms with Crippen LogP contribution >= 0.6 is 0 Å². The Morgan fingerprint density at radius 1 is 1.33 bits per heavy atom. The van der Waals surface area contributed by atoms with Gasteiger partial charge in [-0.2, -0.15) is 0 Å². The highest BCUT2D eigenvalue weighted by molar-refractivity contribution is 5.93. The van der Waals surface area contributed by atoms with Gasteiger partial charge in [0.05, 0.1) is 0 Å². The van der Waals surface area contributed by atoms with Gasteiger partial charge in [-0.05, 0) is 36.0 Å². The molecule has 1 aromatic rings. The van der Waals surface area contributed by atoms with E-state index in [1.807, 2.05) is 11.0 Å². The molecule has 0 atom stereocenters. The van der Waals surface area contributed by atoms with Crippen molar-refractivity contribution in [2.45, 2.75) is 46.0 Å². The molecule has 1 amide bonds. The van der Waals surface area contributed by atoms with E-state index in [2.05, 4.69) is 38.7 Å². The Balaban J connectivity index is 2.37. The molecule has 98 valence electrons. The second-order valence-corrected chi connectivity index (χ2v) is 5.98. The van der Waals surface area contributed by atoms with Crippen LogP contribution in [-0.4, -0.2) is 28.9 Å². The molecule has 0 radical (unpaired) electrons. The average molecular weight is 246 g/mol. The van der Waals surface area contributed by atoms with Gasteiger partial charge in [0, 0.05) is 18.8 Å². The molecule has 2 heterocycles. The third-order valence-corrected chi connectivity index (χ3v) is 3.47. The summed E-state index contributed by atoms with van der Waals surface area (Å²) in [6, 6.07) is 4.08. The Morgan fingerprint density at radius 2 is 2.00 bits per heavy atom. The predicted octanol–water partition coefficient (Wildman–Crippen LogP) is 2.79. The number of aromatic nitrogens is 1. The Kier molecular flexibility index (Phi) is 3.42. The summed E-state index contributed by atoms with van der Waals surface area (Å²) in [6.07, 6.45) is 1.98. The molecule has 0 aliphatic carbocycles. The number of pyridine rings is 1. The minimum absolute atomic E-state index is 0.0524. The highest BCUT2D eigenvalue weighted by atomic mass is 16.2. The van der Waals surface area contributed by atoms with E-state index >= 15 is 0 Å². The van der Waals surface area contributed by atoms with E-state index in [0.717, 1.165) is 31.6 Å². The molecule has 1 fully saturated rings. The standard InChI is InChI=1S/C15H22N2O/c1-5-12-9-11(15(2,3)4)10-13(16-12)14(18)17-7-6-8-17/h9-10H,5-8H2,1-4H3. The van der Waals surface area contributed by atoms with Gasteiger partial charge in [-0.25, -0.2) is 4.98 Å². The highest BCUT2D eigenvalue weighted by Crippen LogP contribution is 2.24. The maximum Gasteiger partial charge on any atom is 0.272 e. The van der Waals surface area contributed by atoms with Gasteiger partial charge in [0.2, 0.25) is 0 Å². The number of nitrogens with zero attached hydrogens (tertiary/aromatic N) is 2. The van der Waals surface area contributed by atoms with Crippen LogP contribution in [0.2, 0.25) is 0 Å². The highest BCUT2D eigenvalue weighted by Gasteiger charge is 2.24. The third-order valence-electron chi connectivity index (χ3n) is 3.47. The van der Waals surface area contributed by atoms with E-state index in [1.54, 1.807) is 0 Å². The van der Waals surface area contributed by atoms with Gasteiger partial charge < -0.3 is 4.90 Å². The number of carbonyl (C=O) groups is 1. The SMILES string of the molecule is CCc1cc(C(C)(C)C)cc(C(=O)N2CCC2)n1. The van der Waals surface area contributed by atoms with E-state index < -0.39 is 0 Å². The van der Waals surface area contributed by atoms with Crippen molar-refractivity contribution in [3.63, 3.8) is 0 Å². The first-order chi connectivity index (χ1) is 8.41. The van der Waals surface area contributed by atoms with Crippen molar-refractivity contribution in [1.82, 2.24) is 9.88 Å². The topological polar surface area (TPSA) is 33.2 Å². The quantitative estimate of drug-likeness (QED) is 0.804. The van der Waals surface area contributed by atoms with Crippen LogP contribution < -0.4 is 0 Å². The van der Waals surface area contributed by atoms with Crippen molar-refractivity contribution in [2.75, 3.05) is 13.1 Å². The van der Waals surface area contributed by atoms with Crippen LogP contribution in [0, 0.1) is 0 Å². The molecule has 1 aliphatic heterocycles. The summed E-state index contributed by atoms with van der Waals surface area (Å²) >= 11 is 0. The lowest BCUT2D eigenvalue weighted by Gasteiger charge is -2.31. The van der Waals surface area contributed by atoms with Crippen molar-refractivity contribution in [3.8, 4) is 0 Å². The Bertz CT molecular complexity index is 456. The van der Waals surface area contributed by atoms with Crippen molar-refractivity contribution in [3.05, 3.63) is 29.1 Å². The number of hydrogen-bond donors (Lipinski definition) is 0. The molecule has 1 aromatic heterocycles. The second kappa shape index (κ2) is 4.71. The molecular formula is C15H22N2O. The minimum Gasteiger partial charge on any atom is -0.337 e. The van der Waals surface area contributed by atoms with Crippen LogP contribution in [0.15, 0.2) is 12.1 Å². The molecular weight excluding hydrogens is 224 g/mol. The summed E-state index contributed by atoms with van der Waals surface area (Å²) in [7, 11) is 0. The average Bonchev–Trinajstić information content (AvgIpc) is 2.24. The zero-order chi connectivity index (χ0) is 13.3. The monoisotopic (exact) mass is 246 g/mol. The number of amides is 1. The third kappa shape index (κ3) is 2.55. The largest absolute Gasteiger partial charge is 0.337 e. The minimum atomic E-state index is 0.0524. The van der Waals surface area contributed by atoms with Crippen LogP contribution in [0.1, 0.15) is 55.9 Å².